The molecule has 0 aromatic heterocycles. The van der Waals surface area contributed by atoms with Crippen LogP contribution in [0.2, 0.25) is 0 Å². The first kappa shape index (κ1) is 31.9. The molecule has 3 aromatic carbocycles. The standard InChI is InChI=1S/C35H44N6OS/c1-6-40(5)34(38-41(26-42)25-28-17-21-30(22-18-28)35(2,3)4)14-10-11-27-15-19-29(20-16-27)32-23-36-24-33(37-32)39-43-31-12-8-7-9-13-31/h7-9,12-13,15-22,24,26,36,39H,6,10-11,14,23,25H2,1-5H3/b38-34-. The molecule has 1 aliphatic heterocycles. The van der Waals surface area contributed by atoms with Crippen molar-refractivity contribution in [3.05, 3.63) is 113 Å². The minimum absolute atomic E-state index is 0.0971. The van der Waals surface area contributed by atoms with Gasteiger partial charge in [0, 0.05) is 31.1 Å². The lowest BCUT2D eigenvalue weighted by atomic mass is 9.87. The number of amidine groups is 1. The largest absolute Gasteiger partial charge is 0.382 e. The number of amides is 1. The highest BCUT2D eigenvalue weighted by Gasteiger charge is 2.14. The van der Waals surface area contributed by atoms with Crippen LogP contribution in [0, 0.1) is 0 Å². The van der Waals surface area contributed by atoms with Crippen LogP contribution in [0.3, 0.4) is 0 Å². The van der Waals surface area contributed by atoms with Crippen LogP contribution in [0.1, 0.15) is 62.8 Å². The van der Waals surface area contributed by atoms with Crippen LogP contribution in [-0.2, 0) is 23.2 Å². The molecule has 0 atom stereocenters. The topological polar surface area (TPSA) is 72.3 Å². The highest BCUT2D eigenvalue weighted by Crippen LogP contribution is 2.23. The van der Waals surface area contributed by atoms with Crippen LogP contribution >= 0.6 is 11.9 Å². The maximum absolute atomic E-state index is 11.9. The molecule has 226 valence electrons. The monoisotopic (exact) mass is 596 g/mol. The third-order valence-corrected chi connectivity index (χ3v) is 8.20. The SMILES string of the molecule is CCN(C)/C(CCCc1ccc(C2=NC(NSc3ccccc3)=CNC2)cc1)=N\N(C=O)Cc1ccc(C(C)(C)C)cc1. The van der Waals surface area contributed by atoms with Crippen LogP contribution < -0.4 is 10.0 Å². The van der Waals surface area contributed by atoms with Gasteiger partial charge in [0.25, 0.3) is 0 Å². The Balaban J connectivity index is 1.32. The van der Waals surface area contributed by atoms with E-state index in [0.29, 0.717) is 13.1 Å². The van der Waals surface area contributed by atoms with Crippen molar-refractivity contribution in [1.29, 1.82) is 0 Å². The van der Waals surface area contributed by atoms with Crippen molar-refractivity contribution >= 4 is 29.9 Å². The van der Waals surface area contributed by atoms with E-state index < -0.39 is 0 Å². The van der Waals surface area contributed by atoms with E-state index in [4.69, 9.17) is 10.1 Å². The van der Waals surface area contributed by atoms with E-state index in [1.54, 1.807) is 11.9 Å². The average Bonchev–Trinajstić information content (AvgIpc) is 3.03. The Labute approximate surface area is 261 Å². The third-order valence-electron chi connectivity index (χ3n) is 7.38. The summed E-state index contributed by atoms with van der Waals surface area (Å²) in [5.41, 5.74) is 5.82. The van der Waals surface area contributed by atoms with E-state index in [1.807, 2.05) is 31.4 Å². The molecule has 1 aliphatic rings. The summed E-state index contributed by atoms with van der Waals surface area (Å²) in [7, 11) is 2.03. The first-order valence-corrected chi connectivity index (χ1v) is 15.7. The Morgan fingerprint density at radius 1 is 1.02 bits per heavy atom. The summed E-state index contributed by atoms with van der Waals surface area (Å²) >= 11 is 1.55. The molecule has 0 spiro atoms. The number of hydrazone groups is 1. The van der Waals surface area contributed by atoms with Crippen LogP contribution in [0.25, 0.3) is 0 Å². The first-order valence-electron chi connectivity index (χ1n) is 14.9. The van der Waals surface area contributed by atoms with E-state index in [2.05, 4.69) is 103 Å². The van der Waals surface area contributed by atoms with Gasteiger partial charge in [-0.05, 0) is 71.5 Å². The molecular formula is C35H44N6OS. The van der Waals surface area contributed by atoms with Gasteiger partial charge in [0.2, 0.25) is 6.41 Å². The molecule has 0 radical (unpaired) electrons. The van der Waals surface area contributed by atoms with Crippen LogP contribution in [0.5, 0.6) is 0 Å². The maximum atomic E-state index is 11.9. The lowest BCUT2D eigenvalue weighted by molar-refractivity contribution is -0.118. The zero-order valence-electron chi connectivity index (χ0n) is 26.0. The minimum Gasteiger partial charge on any atom is -0.382 e. The van der Waals surface area contributed by atoms with E-state index >= 15 is 0 Å². The molecule has 4 rings (SSSR count). The van der Waals surface area contributed by atoms with E-state index in [-0.39, 0.29) is 5.41 Å². The molecular weight excluding hydrogens is 552 g/mol. The number of nitrogens with one attached hydrogen (secondary N) is 2. The summed E-state index contributed by atoms with van der Waals surface area (Å²) in [6.07, 6.45) is 5.38. The molecule has 0 bridgehead atoms. The Bertz CT molecular complexity index is 1410. The summed E-state index contributed by atoms with van der Waals surface area (Å²) < 4.78 is 3.33. The van der Waals surface area contributed by atoms with Gasteiger partial charge in [-0.25, -0.2) is 10.0 Å². The van der Waals surface area contributed by atoms with Crippen molar-refractivity contribution in [3.8, 4) is 0 Å². The van der Waals surface area contributed by atoms with Gasteiger partial charge < -0.3 is 14.9 Å². The summed E-state index contributed by atoms with van der Waals surface area (Å²) in [5.74, 6) is 1.72. The number of aliphatic imine (C=N–C) groups is 1. The number of benzene rings is 3. The number of rotatable bonds is 13. The molecule has 1 amide bonds. The molecule has 1 heterocycles. The second-order valence-electron chi connectivity index (χ2n) is 11.7. The number of carbonyl (C=O) groups excluding carboxylic acids is 1. The van der Waals surface area contributed by atoms with Gasteiger partial charge in [0.1, 0.15) is 5.84 Å². The van der Waals surface area contributed by atoms with Crippen molar-refractivity contribution in [2.75, 3.05) is 20.1 Å². The van der Waals surface area contributed by atoms with E-state index in [9.17, 15) is 4.79 Å². The molecule has 2 N–H and O–H groups in total. The predicted octanol–water partition coefficient (Wildman–Crippen LogP) is 6.72. The fourth-order valence-corrected chi connectivity index (χ4v) is 5.26. The minimum atomic E-state index is 0.0971. The quantitative estimate of drug-likeness (QED) is 0.0754. The molecule has 7 nitrogen and oxygen atoms in total. The predicted molar refractivity (Wildman–Crippen MR) is 180 cm³/mol. The molecule has 0 saturated carbocycles. The lowest BCUT2D eigenvalue weighted by Crippen LogP contribution is -2.30. The number of aryl methyl sites for hydroxylation is 1. The van der Waals surface area contributed by atoms with Crippen LogP contribution in [0.15, 0.2) is 106 Å². The number of carbonyl (C=O) groups is 1. The van der Waals surface area contributed by atoms with Crippen LogP contribution in [-0.4, -0.2) is 48.0 Å². The van der Waals surface area contributed by atoms with Gasteiger partial charge in [-0.3, -0.25) is 4.79 Å². The average molecular weight is 597 g/mol. The first-order chi connectivity index (χ1) is 20.7. The fraction of sp³-hybridized carbons (Fsp3) is 0.343. The van der Waals surface area contributed by atoms with Gasteiger partial charge >= 0.3 is 0 Å². The van der Waals surface area contributed by atoms with Crippen molar-refractivity contribution in [2.24, 2.45) is 10.1 Å². The second-order valence-corrected chi connectivity index (χ2v) is 12.6. The smallest absolute Gasteiger partial charge is 0.230 e. The third kappa shape index (κ3) is 9.75. The van der Waals surface area contributed by atoms with Crippen molar-refractivity contribution in [1.82, 2.24) is 19.9 Å². The molecule has 0 saturated heterocycles. The second kappa shape index (κ2) is 15.4. The van der Waals surface area contributed by atoms with Gasteiger partial charge in [-0.2, -0.15) is 5.10 Å². The molecule has 8 heteroatoms. The summed E-state index contributed by atoms with van der Waals surface area (Å²) in [6.45, 7) is 10.7. The van der Waals surface area contributed by atoms with Gasteiger partial charge in [-0.15, -0.1) is 0 Å². The summed E-state index contributed by atoms with van der Waals surface area (Å²) in [5, 5.41) is 9.59. The highest BCUT2D eigenvalue weighted by molar-refractivity contribution is 7.97. The van der Waals surface area contributed by atoms with Crippen molar-refractivity contribution < 1.29 is 4.79 Å². The Hall–Kier alpha value is -4.04. The summed E-state index contributed by atoms with van der Waals surface area (Å²) in [6, 6.07) is 27.3. The van der Waals surface area contributed by atoms with Crippen LogP contribution in [0.4, 0.5) is 0 Å². The highest BCUT2D eigenvalue weighted by atomic mass is 32.2. The normalized spacial score (nSPS) is 13.5. The van der Waals surface area contributed by atoms with Gasteiger partial charge in [0.05, 0.1) is 18.8 Å². The Kier molecular flexibility index (Phi) is 11.4. The van der Waals surface area contributed by atoms with Crippen molar-refractivity contribution in [3.63, 3.8) is 0 Å². The van der Waals surface area contributed by atoms with Gasteiger partial charge in [0.15, 0.2) is 5.82 Å². The Morgan fingerprint density at radius 2 is 1.72 bits per heavy atom. The maximum Gasteiger partial charge on any atom is 0.230 e. The molecule has 0 fully saturated rings. The van der Waals surface area contributed by atoms with Crippen molar-refractivity contribution in [2.45, 2.75) is 63.8 Å². The van der Waals surface area contributed by atoms with E-state index in [1.165, 1.54) is 16.1 Å². The molecule has 43 heavy (non-hydrogen) atoms. The number of hydrogen-bond donors (Lipinski definition) is 2. The van der Waals surface area contributed by atoms with Gasteiger partial charge in [-0.1, -0.05) is 87.5 Å². The summed E-state index contributed by atoms with van der Waals surface area (Å²) in [4.78, 5) is 20.0. The number of nitrogens with zero attached hydrogens (tertiary/aromatic N) is 4. The number of hydrogen-bond acceptors (Lipinski definition) is 6. The Morgan fingerprint density at radius 3 is 2.37 bits per heavy atom. The molecule has 0 aliphatic carbocycles. The zero-order chi connectivity index (χ0) is 30.7. The molecule has 0 unspecified atom stereocenters. The zero-order valence-corrected chi connectivity index (χ0v) is 26.8. The lowest BCUT2D eigenvalue weighted by Gasteiger charge is -2.23. The fourth-order valence-electron chi connectivity index (χ4n) is 4.64. The molecule has 3 aromatic rings. The van der Waals surface area contributed by atoms with E-state index in [0.717, 1.165) is 65.6 Å².